The van der Waals surface area contributed by atoms with Crippen molar-refractivity contribution in [3.63, 3.8) is 0 Å². The van der Waals surface area contributed by atoms with E-state index in [-0.39, 0.29) is 6.10 Å². The van der Waals surface area contributed by atoms with Gasteiger partial charge in [-0.1, -0.05) is 21.6 Å². The highest BCUT2D eigenvalue weighted by atomic mass is 33.1. The Kier molecular flexibility index (Phi) is 3.54. The molecule has 0 N–H and O–H groups in total. The molecule has 1 radical (unpaired) electrons. The van der Waals surface area contributed by atoms with Crippen molar-refractivity contribution in [3.8, 4) is 0 Å². The normalized spacial score (nSPS) is 26.8. The minimum absolute atomic E-state index is 0.226. The van der Waals surface area contributed by atoms with E-state index in [1.54, 1.807) is 21.6 Å². The van der Waals surface area contributed by atoms with Gasteiger partial charge in [-0.05, 0) is 0 Å². The van der Waals surface area contributed by atoms with Gasteiger partial charge in [0.1, 0.15) is 0 Å². The first kappa shape index (κ1) is 9.70. The summed E-state index contributed by atoms with van der Waals surface area (Å²) in [6.07, 6.45) is 2.73. The maximum Gasteiger partial charge on any atom is 0.264 e. The van der Waals surface area contributed by atoms with Gasteiger partial charge in [0.05, 0.1) is 12.4 Å². The van der Waals surface area contributed by atoms with E-state index in [2.05, 4.69) is 0 Å². The Bertz CT molecular complexity index is 205. The van der Waals surface area contributed by atoms with Crippen molar-refractivity contribution < 1.29 is 12.6 Å². The van der Waals surface area contributed by atoms with Crippen LogP contribution in [0.3, 0.4) is 0 Å². The average Bonchev–Trinajstić information content (AvgIpc) is 1.85. The zero-order valence-corrected chi connectivity index (χ0v) is 8.47. The predicted octanol–water partition coefficient (Wildman–Crippen LogP) is 0.930. The van der Waals surface area contributed by atoms with Gasteiger partial charge in [-0.3, -0.25) is 4.18 Å². The SMILES string of the molecule is CS(=O)(=O)OC1[CH]CSSC1. The summed E-state index contributed by atoms with van der Waals surface area (Å²) in [5.41, 5.74) is 0. The Balaban J connectivity index is 2.36. The maximum atomic E-state index is 10.6. The Morgan fingerprint density at radius 1 is 1.55 bits per heavy atom. The van der Waals surface area contributed by atoms with E-state index in [0.717, 1.165) is 17.8 Å². The van der Waals surface area contributed by atoms with Gasteiger partial charge in [-0.25, -0.2) is 0 Å². The molecule has 0 spiro atoms. The van der Waals surface area contributed by atoms with Gasteiger partial charge in [0.15, 0.2) is 0 Å². The van der Waals surface area contributed by atoms with Crippen LogP contribution in [0.2, 0.25) is 0 Å². The first-order valence-corrected chi connectivity index (χ1v) is 7.34. The lowest BCUT2D eigenvalue weighted by atomic mass is 10.3. The van der Waals surface area contributed by atoms with E-state index in [1.807, 2.05) is 6.42 Å². The number of hydrogen-bond donors (Lipinski definition) is 0. The van der Waals surface area contributed by atoms with E-state index >= 15 is 0 Å². The van der Waals surface area contributed by atoms with Gasteiger partial charge in [0, 0.05) is 17.9 Å². The molecule has 0 aliphatic carbocycles. The standard InChI is InChI=1S/C5H9O3S3/c1-11(6,7)8-5-2-3-9-10-4-5/h2,5H,3-4H2,1H3. The summed E-state index contributed by atoms with van der Waals surface area (Å²) >= 11 is 0. The van der Waals surface area contributed by atoms with Crippen molar-refractivity contribution in [2.75, 3.05) is 17.8 Å². The topological polar surface area (TPSA) is 43.4 Å². The van der Waals surface area contributed by atoms with Crippen molar-refractivity contribution >= 4 is 31.7 Å². The van der Waals surface area contributed by atoms with Crippen molar-refractivity contribution in [1.82, 2.24) is 0 Å². The molecule has 0 amide bonds. The van der Waals surface area contributed by atoms with Crippen molar-refractivity contribution in [2.45, 2.75) is 6.10 Å². The lowest BCUT2D eigenvalue weighted by Crippen LogP contribution is -2.23. The predicted molar refractivity (Wildman–Crippen MR) is 48.9 cm³/mol. The molecule has 1 rings (SSSR count). The lowest BCUT2D eigenvalue weighted by Gasteiger charge is -2.18. The van der Waals surface area contributed by atoms with E-state index in [4.69, 9.17) is 4.18 Å². The average molecular weight is 213 g/mol. The van der Waals surface area contributed by atoms with Gasteiger partial charge in [0.25, 0.3) is 10.1 Å². The molecular weight excluding hydrogens is 204 g/mol. The molecule has 0 saturated carbocycles. The molecular formula is C5H9O3S3. The molecule has 0 aromatic carbocycles. The first-order chi connectivity index (χ1) is 5.08. The number of rotatable bonds is 2. The molecule has 1 atom stereocenters. The molecule has 1 saturated heterocycles. The van der Waals surface area contributed by atoms with E-state index in [1.165, 1.54) is 0 Å². The molecule has 1 aliphatic heterocycles. The second-order valence-corrected chi connectivity index (χ2v) is 6.30. The molecule has 0 bridgehead atoms. The Morgan fingerprint density at radius 2 is 2.27 bits per heavy atom. The monoisotopic (exact) mass is 213 g/mol. The van der Waals surface area contributed by atoms with Gasteiger partial charge in [-0.15, -0.1) is 0 Å². The first-order valence-electron chi connectivity index (χ1n) is 3.04. The van der Waals surface area contributed by atoms with Crippen molar-refractivity contribution in [1.29, 1.82) is 0 Å². The summed E-state index contributed by atoms with van der Waals surface area (Å²) < 4.78 is 26.0. The highest BCUT2D eigenvalue weighted by Gasteiger charge is 2.19. The molecule has 6 heteroatoms. The van der Waals surface area contributed by atoms with E-state index in [9.17, 15) is 8.42 Å². The quantitative estimate of drug-likeness (QED) is 0.504. The summed E-state index contributed by atoms with van der Waals surface area (Å²) in [6.45, 7) is 0. The highest BCUT2D eigenvalue weighted by molar-refractivity contribution is 8.76. The van der Waals surface area contributed by atoms with Gasteiger partial charge in [0.2, 0.25) is 0 Å². The summed E-state index contributed by atoms with van der Waals surface area (Å²) in [7, 11) is 0.0730. The Labute approximate surface area is 74.8 Å². The molecule has 0 aromatic heterocycles. The van der Waals surface area contributed by atoms with Gasteiger partial charge >= 0.3 is 0 Å². The van der Waals surface area contributed by atoms with Crippen LogP contribution in [0.5, 0.6) is 0 Å². The third kappa shape index (κ3) is 4.25. The Morgan fingerprint density at radius 3 is 2.73 bits per heavy atom. The minimum atomic E-state index is -3.28. The van der Waals surface area contributed by atoms with Crippen LogP contribution in [-0.2, 0) is 14.3 Å². The van der Waals surface area contributed by atoms with E-state index < -0.39 is 10.1 Å². The van der Waals surface area contributed by atoms with Crippen LogP contribution < -0.4 is 0 Å². The van der Waals surface area contributed by atoms with Gasteiger partial charge < -0.3 is 0 Å². The minimum Gasteiger partial charge on any atom is -0.266 e. The van der Waals surface area contributed by atoms with Crippen LogP contribution in [0.25, 0.3) is 0 Å². The molecule has 1 heterocycles. The van der Waals surface area contributed by atoms with Crippen molar-refractivity contribution in [3.05, 3.63) is 6.42 Å². The number of hydrogen-bond acceptors (Lipinski definition) is 5. The fourth-order valence-corrected chi connectivity index (χ4v) is 3.39. The lowest BCUT2D eigenvalue weighted by molar-refractivity contribution is 0.267. The van der Waals surface area contributed by atoms with Crippen LogP contribution in [-0.4, -0.2) is 32.3 Å². The molecule has 1 fully saturated rings. The smallest absolute Gasteiger partial charge is 0.264 e. The second kappa shape index (κ2) is 4.02. The van der Waals surface area contributed by atoms with Crippen LogP contribution in [0.1, 0.15) is 0 Å². The van der Waals surface area contributed by atoms with Crippen LogP contribution >= 0.6 is 21.6 Å². The van der Waals surface area contributed by atoms with Crippen molar-refractivity contribution in [2.24, 2.45) is 0 Å². The molecule has 1 aliphatic rings. The summed E-state index contributed by atoms with van der Waals surface area (Å²) in [5, 5.41) is 0. The largest absolute Gasteiger partial charge is 0.266 e. The third-order valence-electron chi connectivity index (χ3n) is 1.04. The van der Waals surface area contributed by atoms with Crippen LogP contribution in [0, 0.1) is 6.42 Å². The highest BCUT2D eigenvalue weighted by Crippen LogP contribution is 2.30. The summed E-state index contributed by atoms with van der Waals surface area (Å²) in [4.78, 5) is 0. The van der Waals surface area contributed by atoms with Crippen LogP contribution in [0.4, 0.5) is 0 Å². The Hall–Kier alpha value is 0.610. The molecule has 0 aromatic rings. The third-order valence-corrected chi connectivity index (χ3v) is 3.91. The zero-order chi connectivity index (χ0) is 8.32. The van der Waals surface area contributed by atoms with E-state index in [0.29, 0.717) is 0 Å². The summed E-state index contributed by atoms with van der Waals surface area (Å²) in [6, 6.07) is 0. The molecule has 65 valence electrons. The summed E-state index contributed by atoms with van der Waals surface area (Å²) in [5.74, 6) is 1.57. The maximum absolute atomic E-state index is 10.6. The fraction of sp³-hybridized carbons (Fsp3) is 0.800. The molecule has 11 heavy (non-hydrogen) atoms. The molecule has 1 unspecified atom stereocenters. The zero-order valence-electron chi connectivity index (χ0n) is 6.02. The second-order valence-electron chi connectivity index (χ2n) is 2.14. The molecule has 3 nitrogen and oxygen atoms in total. The van der Waals surface area contributed by atoms with Gasteiger partial charge in [-0.2, -0.15) is 8.42 Å². The van der Waals surface area contributed by atoms with Crippen LogP contribution in [0.15, 0.2) is 0 Å². The fourth-order valence-electron chi connectivity index (χ4n) is 0.670.